The van der Waals surface area contributed by atoms with Crippen LogP contribution in [-0.4, -0.2) is 38.0 Å². The van der Waals surface area contributed by atoms with E-state index in [4.69, 9.17) is 18.9 Å². The van der Waals surface area contributed by atoms with Crippen molar-refractivity contribution in [3.8, 4) is 0 Å². The fourth-order valence-electron chi connectivity index (χ4n) is 5.27. The van der Waals surface area contributed by atoms with Crippen LogP contribution in [0.3, 0.4) is 0 Å². The first-order valence-electron chi connectivity index (χ1n) is 16.3. The summed E-state index contributed by atoms with van der Waals surface area (Å²) in [5.74, 6) is -1.06. The first-order chi connectivity index (χ1) is 17.7. The molecule has 0 spiro atoms. The Kier molecular flexibility index (Phi) is 22.5. The van der Waals surface area contributed by atoms with Crippen molar-refractivity contribution < 1.29 is 18.9 Å². The highest BCUT2D eigenvalue weighted by atomic mass is 16.9. The molecule has 0 radical (unpaired) electrons. The van der Waals surface area contributed by atoms with Gasteiger partial charge in [0.25, 0.3) is 0 Å². The topological polar surface area (TPSA) is 36.9 Å². The third kappa shape index (κ3) is 15.9. The second-order valence-corrected chi connectivity index (χ2v) is 11.0. The summed E-state index contributed by atoms with van der Waals surface area (Å²) in [6.45, 7) is 10.9. The lowest BCUT2D eigenvalue weighted by Gasteiger charge is -2.42. The Morgan fingerprint density at radius 1 is 0.583 bits per heavy atom. The van der Waals surface area contributed by atoms with Gasteiger partial charge in [-0.15, -0.1) is 0 Å². The van der Waals surface area contributed by atoms with Gasteiger partial charge >= 0.3 is 5.97 Å². The molecule has 1 saturated carbocycles. The Hall–Kier alpha value is -0.160. The highest BCUT2D eigenvalue weighted by molar-refractivity contribution is 4.77. The number of hydrogen-bond acceptors (Lipinski definition) is 4. The first kappa shape index (κ1) is 33.9. The van der Waals surface area contributed by atoms with Gasteiger partial charge in [0.15, 0.2) is 0 Å². The third-order valence-electron chi connectivity index (χ3n) is 7.57. The molecule has 0 N–H and O–H groups in total. The standard InChI is InChI=1S/C32H64O4/c1-5-9-12-14-16-17-18-23-27-31(33-8-4)32(34-28-11-7-3,36-30-25-21-20-22-26-30)35-29-24-19-15-13-10-6-2/h30-31H,5-29H2,1-4H3. The first-order valence-corrected chi connectivity index (χ1v) is 16.3. The zero-order chi connectivity index (χ0) is 26.2. The number of unbranched alkanes of at least 4 members (excludes halogenated alkanes) is 13. The van der Waals surface area contributed by atoms with Crippen LogP contribution in [0, 0.1) is 0 Å². The average molecular weight is 513 g/mol. The molecule has 1 fully saturated rings. The molecule has 0 bridgehead atoms. The van der Waals surface area contributed by atoms with Crippen LogP contribution in [-0.2, 0) is 18.9 Å². The number of rotatable bonds is 26. The van der Waals surface area contributed by atoms with E-state index in [1.54, 1.807) is 0 Å². The SMILES string of the molecule is CCCCCCCCCCC(OCC)C(OCCCC)(OCCCCCCCC)OC1CCCCC1. The summed E-state index contributed by atoms with van der Waals surface area (Å²) in [5.41, 5.74) is 0. The Morgan fingerprint density at radius 3 is 1.64 bits per heavy atom. The van der Waals surface area contributed by atoms with Crippen LogP contribution in [0.1, 0.15) is 169 Å². The minimum absolute atomic E-state index is 0.165. The van der Waals surface area contributed by atoms with Gasteiger partial charge < -0.3 is 18.9 Å². The molecule has 0 aliphatic heterocycles. The molecule has 2 atom stereocenters. The van der Waals surface area contributed by atoms with Crippen LogP contribution >= 0.6 is 0 Å². The van der Waals surface area contributed by atoms with Gasteiger partial charge in [-0.05, 0) is 39.0 Å². The maximum Gasteiger partial charge on any atom is 0.311 e. The van der Waals surface area contributed by atoms with E-state index < -0.39 is 5.97 Å². The normalized spacial score (nSPS) is 17.3. The van der Waals surface area contributed by atoms with Gasteiger partial charge in [0.2, 0.25) is 0 Å². The van der Waals surface area contributed by atoms with Gasteiger partial charge in [0, 0.05) is 6.61 Å². The molecule has 0 saturated heterocycles. The molecule has 36 heavy (non-hydrogen) atoms. The Balaban J connectivity index is 2.80. The molecule has 0 amide bonds. The maximum absolute atomic E-state index is 6.84. The minimum Gasteiger partial charge on any atom is -0.370 e. The lowest BCUT2D eigenvalue weighted by Crippen LogP contribution is -2.53. The summed E-state index contributed by atoms with van der Waals surface area (Å²) in [6.07, 6.45) is 27.1. The maximum atomic E-state index is 6.84. The van der Waals surface area contributed by atoms with Gasteiger partial charge in [0.1, 0.15) is 6.10 Å². The molecule has 0 aromatic carbocycles. The van der Waals surface area contributed by atoms with Crippen LogP contribution in [0.25, 0.3) is 0 Å². The van der Waals surface area contributed by atoms with E-state index in [0.29, 0.717) is 19.8 Å². The molecule has 0 heterocycles. The van der Waals surface area contributed by atoms with Crippen molar-refractivity contribution in [2.75, 3.05) is 19.8 Å². The van der Waals surface area contributed by atoms with E-state index in [-0.39, 0.29) is 12.2 Å². The molecule has 2 unspecified atom stereocenters. The van der Waals surface area contributed by atoms with Crippen molar-refractivity contribution in [3.05, 3.63) is 0 Å². The fraction of sp³-hybridized carbons (Fsp3) is 1.00. The van der Waals surface area contributed by atoms with Crippen molar-refractivity contribution in [3.63, 3.8) is 0 Å². The van der Waals surface area contributed by atoms with Crippen molar-refractivity contribution >= 4 is 0 Å². The minimum atomic E-state index is -1.06. The summed E-state index contributed by atoms with van der Waals surface area (Å²) in [6, 6.07) is 0. The highest BCUT2D eigenvalue weighted by Gasteiger charge is 2.45. The van der Waals surface area contributed by atoms with Crippen LogP contribution in [0.15, 0.2) is 0 Å². The van der Waals surface area contributed by atoms with E-state index in [9.17, 15) is 0 Å². The van der Waals surface area contributed by atoms with Crippen molar-refractivity contribution in [1.82, 2.24) is 0 Å². The van der Waals surface area contributed by atoms with E-state index in [1.807, 2.05) is 0 Å². The van der Waals surface area contributed by atoms with Gasteiger partial charge in [-0.2, -0.15) is 0 Å². The van der Waals surface area contributed by atoms with Crippen LogP contribution in [0.5, 0.6) is 0 Å². The summed E-state index contributed by atoms with van der Waals surface area (Å²) < 4.78 is 26.5. The average Bonchev–Trinajstić information content (AvgIpc) is 2.89. The predicted octanol–water partition coefficient (Wildman–Crippen LogP) is 10.1. The largest absolute Gasteiger partial charge is 0.370 e. The molecule has 4 nitrogen and oxygen atoms in total. The number of hydrogen-bond donors (Lipinski definition) is 0. The summed E-state index contributed by atoms with van der Waals surface area (Å²) in [7, 11) is 0. The van der Waals surface area contributed by atoms with E-state index in [2.05, 4.69) is 27.7 Å². The molecule has 0 aromatic rings. The van der Waals surface area contributed by atoms with Gasteiger partial charge in [-0.3, -0.25) is 0 Å². The van der Waals surface area contributed by atoms with E-state index >= 15 is 0 Å². The zero-order valence-corrected chi connectivity index (χ0v) is 25.0. The number of ether oxygens (including phenoxy) is 4. The predicted molar refractivity (Wildman–Crippen MR) is 154 cm³/mol. The zero-order valence-electron chi connectivity index (χ0n) is 25.0. The van der Waals surface area contributed by atoms with Crippen molar-refractivity contribution in [2.45, 2.75) is 187 Å². The molecular formula is C32H64O4. The molecule has 216 valence electrons. The van der Waals surface area contributed by atoms with Gasteiger partial charge in [-0.1, -0.05) is 130 Å². The lowest BCUT2D eigenvalue weighted by atomic mass is 9.97. The van der Waals surface area contributed by atoms with Crippen molar-refractivity contribution in [1.29, 1.82) is 0 Å². The van der Waals surface area contributed by atoms with E-state index in [1.165, 1.54) is 96.3 Å². The second kappa shape index (κ2) is 23.9. The highest BCUT2D eigenvalue weighted by Crippen LogP contribution is 2.33. The Labute approximate surface area is 226 Å². The summed E-state index contributed by atoms with van der Waals surface area (Å²) in [4.78, 5) is 0. The molecule has 1 aliphatic carbocycles. The van der Waals surface area contributed by atoms with Crippen LogP contribution in [0.2, 0.25) is 0 Å². The summed E-state index contributed by atoms with van der Waals surface area (Å²) >= 11 is 0. The van der Waals surface area contributed by atoms with Gasteiger partial charge in [0.05, 0.1) is 19.3 Å². The van der Waals surface area contributed by atoms with E-state index in [0.717, 1.165) is 44.9 Å². The molecule has 1 rings (SSSR count). The smallest absolute Gasteiger partial charge is 0.311 e. The lowest BCUT2D eigenvalue weighted by molar-refractivity contribution is -0.431. The summed E-state index contributed by atoms with van der Waals surface area (Å²) in [5, 5.41) is 0. The van der Waals surface area contributed by atoms with Crippen LogP contribution in [0.4, 0.5) is 0 Å². The molecule has 0 aromatic heterocycles. The fourth-order valence-corrected chi connectivity index (χ4v) is 5.27. The quantitative estimate of drug-likeness (QED) is 0.0853. The van der Waals surface area contributed by atoms with Gasteiger partial charge in [-0.25, -0.2) is 0 Å². The second-order valence-electron chi connectivity index (χ2n) is 11.0. The third-order valence-corrected chi connectivity index (χ3v) is 7.57. The Bertz CT molecular complexity index is 451. The Morgan fingerprint density at radius 2 is 1.08 bits per heavy atom. The van der Waals surface area contributed by atoms with Crippen molar-refractivity contribution in [2.24, 2.45) is 0 Å². The molecule has 1 aliphatic rings. The molecule has 4 heteroatoms. The van der Waals surface area contributed by atoms with Crippen LogP contribution < -0.4 is 0 Å². The molecular weight excluding hydrogens is 448 g/mol. The monoisotopic (exact) mass is 512 g/mol.